The summed E-state index contributed by atoms with van der Waals surface area (Å²) in [6.07, 6.45) is 1.94. The monoisotopic (exact) mass is 184 g/mol. The molecule has 2 heteroatoms. The van der Waals surface area contributed by atoms with Gasteiger partial charge in [-0.05, 0) is 5.56 Å². The molecular weight excluding hydrogens is 172 g/mol. The number of hydrogen-bond acceptors (Lipinski definition) is 1. The maximum atomic E-state index is 4.11. The summed E-state index contributed by atoms with van der Waals surface area (Å²) in [7, 11) is 0. The molecule has 0 amide bonds. The summed E-state index contributed by atoms with van der Waals surface area (Å²) in [5.41, 5.74) is 5.27. The molecule has 0 radical (unpaired) electrons. The van der Waals surface area contributed by atoms with Crippen molar-refractivity contribution in [1.29, 1.82) is 0 Å². The van der Waals surface area contributed by atoms with Crippen molar-refractivity contribution >= 4 is 0 Å². The fourth-order valence-corrected chi connectivity index (χ4v) is 2.36. The molecule has 70 valence electrons. The zero-order valence-corrected chi connectivity index (χ0v) is 8.33. The van der Waals surface area contributed by atoms with Crippen LogP contribution >= 0.6 is 0 Å². The normalized spacial score (nSPS) is 16.4. The van der Waals surface area contributed by atoms with E-state index in [0.29, 0.717) is 0 Å². The van der Waals surface area contributed by atoms with Crippen LogP contribution in [0, 0.1) is 0 Å². The van der Waals surface area contributed by atoms with E-state index in [-0.39, 0.29) is 5.41 Å². The highest BCUT2D eigenvalue weighted by Crippen LogP contribution is 2.46. The highest BCUT2D eigenvalue weighted by Gasteiger charge is 2.36. The third-order valence-corrected chi connectivity index (χ3v) is 3.18. The second-order valence-electron chi connectivity index (χ2n) is 4.33. The second kappa shape index (κ2) is 2.27. The summed E-state index contributed by atoms with van der Waals surface area (Å²) in [5, 5.41) is 7.19. The lowest BCUT2D eigenvalue weighted by Crippen LogP contribution is -2.14. The van der Waals surface area contributed by atoms with Crippen LogP contribution in [0.3, 0.4) is 0 Å². The summed E-state index contributed by atoms with van der Waals surface area (Å²) < 4.78 is 0. The first-order chi connectivity index (χ1) is 6.71. The molecule has 2 aromatic rings. The number of benzene rings is 1. The molecule has 1 heterocycles. The van der Waals surface area contributed by atoms with E-state index in [0.717, 1.165) is 0 Å². The van der Waals surface area contributed by atoms with Gasteiger partial charge in [0.25, 0.3) is 0 Å². The van der Waals surface area contributed by atoms with E-state index < -0.39 is 0 Å². The van der Waals surface area contributed by atoms with Crippen molar-refractivity contribution in [3.8, 4) is 11.3 Å². The van der Waals surface area contributed by atoms with E-state index in [1.54, 1.807) is 0 Å². The first kappa shape index (κ1) is 7.80. The van der Waals surface area contributed by atoms with E-state index in [4.69, 9.17) is 0 Å². The molecule has 0 fully saturated rings. The van der Waals surface area contributed by atoms with Crippen LogP contribution in [0.25, 0.3) is 11.3 Å². The third-order valence-electron chi connectivity index (χ3n) is 3.18. The minimum absolute atomic E-state index is 0.0962. The standard InChI is InChI=1S/C12H12N2/c1-12(2)9-6-4-3-5-8(9)11-10(12)7-13-14-11/h3-7H,1-2H3,(H,13,14). The van der Waals surface area contributed by atoms with Crippen molar-refractivity contribution in [3.05, 3.63) is 41.6 Å². The molecule has 3 rings (SSSR count). The van der Waals surface area contributed by atoms with Crippen molar-refractivity contribution in [2.75, 3.05) is 0 Å². The Labute approximate surface area is 83.0 Å². The molecule has 14 heavy (non-hydrogen) atoms. The van der Waals surface area contributed by atoms with Crippen molar-refractivity contribution in [3.63, 3.8) is 0 Å². The number of rotatable bonds is 0. The van der Waals surface area contributed by atoms with E-state index >= 15 is 0 Å². The molecule has 0 saturated heterocycles. The first-order valence-corrected chi connectivity index (χ1v) is 4.85. The maximum Gasteiger partial charge on any atom is 0.0694 e. The number of H-pyrrole nitrogens is 1. The van der Waals surface area contributed by atoms with Crippen molar-refractivity contribution in [2.45, 2.75) is 19.3 Å². The average Bonchev–Trinajstić information content (AvgIpc) is 2.72. The fraction of sp³-hybridized carbons (Fsp3) is 0.250. The molecule has 2 nitrogen and oxygen atoms in total. The Morgan fingerprint density at radius 2 is 1.93 bits per heavy atom. The van der Waals surface area contributed by atoms with E-state index in [1.165, 1.54) is 22.4 Å². The third kappa shape index (κ3) is 0.739. The Morgan fingerprint density at radius 3 is 2.79 bits per heavy atom. The van der Waals surface area contributed by atoms with Gasteiger partial charge in [-0.1, -0.05) is 38.1 Å². The smallest absolute Gasteiger partial charge is 0.0694 e. The van der Waals surface area contributed by atoms with Crippen LogP contribution in [0.5, 0.6) is 0 Å². The van der Waals surface area contributed by atoms with Crippen LogP contribution in [0.2, 0.25) is 0 Å². The number of hydrogen-bond donors (Lipinski definition) is 1. The molecule has 0 unspecified atom stereocenters. The molecular formula is C12H12N2. The topological polar surface area (TPSA) is 28.7 Å². The molecule has 1 aromatic heterocycles. The van der Waals surface area contributed by atoms with Crippen molar-refractivity contribution in [2.24, 2.45) is 0 Å². The molecule has 0 saturated carbocycles. The number of nitrogens with one attached hydrogen (secondary N) is 1. The molecule has 1 aliphatic rings. The van der Waals surface area contributed by atoms with Gasteiger partial charge in [-0.25, -0.2) is 0 Å². The van der Waals surface area contributed by atoms with Crippen LogP contribution < -0.4 is 0 Å². The fourth-order valence-electron chi connectivity index (χ4n) is 2.36. The van der Waals surface area contributed by atoms with E-state index in [9.17, 15) is 0 Å². The minimum atomic E-state index is 0.0962. The molecule has 0 aliphatic heterocycles. The zero-order chi connectivity index (χ0) is 9.76. The maximum absolute atomic E-state index is 4.11. The highest BCUT2D eigenvalue weighted by atomic mass is 15.1. The largest absolute Gasteiger partial charge is 0.278 e. The van der Waals surface area contributed by atoms with Crippen LogP contribution in [0.4, 0.5) is 0 Å². The van der Waals surface area contributed by atoms with Crippen molar-refractivity contribution in [1.82, 2.24) is 10.2 Å². The van der Waals surface area contributed by atoms with Gasteiger partial charge in [0.1, 0.15) is 0 Å². The quantitative estimate of drug-likeness (QED) is 0.670. The van der Waals surface area contributed by atoms with Gasteiger partial charge < -0.3 is 0 Å². The zero-order valence-electron chi connectivity index (χ0n) is 8.33. The van der Waals surface area contributed by atoms with E-state index in [2.05, 4.69) is 48.3 Å². The van der Waals surface area contributed by atoms with Gasteiger partial charge in [-0.15, -0.1) is 0 Å². The van der Waals surface area contributed by atoms with Gasteiger partial charge in [0.05, 0.1) is 11.9 Å². The summed E-state index contributed by atoms with van der Waals surface area (Å²) in [6.45, 7) is 4.49. The predicted octanol–water partition coefficient (Wildman–Crippen LogP) is 2.72. The van der Waals surface area contributed by atoms with Gasteiger partial charge in [0, 0.05) is 16.5 Å². The number of fused-ring (bicyclic) bond motifs is 3. The second-order valence-corrected chi connectivity index (χ2v) is 4.33. The summed E-state index contributed by atoms with van der Waals surface area (Å²) in [6, 6.07) is 8.52. The molecule has 1 N–H and O–H groups in total. The van der Waals surface area contributed by atoms with Gasteiger partial charge >= 0.3 is 0 Å². The van der Waals surface area contributed by atoms with Gasteiger partial charge in [-0.3, -0.25) is 5.10 Å². The van der Waals surface area contributed by atoms with E-state index in [1.807, 2.05) is 6.20 Å². The Morgan fingerprint density at radius 1 is 1.14 bits per heavy atom. The predicted molar refractivity (Wildman–Crippen MR) is 56.2 cm³/mol. The van der Waals surface area contributed by atoms with Crippen LogP contribution in [-0.2, 0) is 5.41 Å². The highest BCUT2D eigenvalue weighted by molar-refractivity contribution is 5.77. The lowest BCUT2D eigenvalue weighted by molar-refractivity contribution is 0.660. The lowest BCUT2D eigenvalue weighted by Gasteiger charge is -2.19. The molecule has 1 aromatic carbocycles. The Hall–Kier alpha value is -1.57. The molecule has 0 atom stereocenters. The number of nitrogens with zero attached hydrogens (tertiary/aromatic N) is 1. The number of aromatic amines is 1. The van der Waals surface area contributed by atoms with Crippen LogP contribution in [-0.4, -0.2) is 10.2 Å². The molecule has 0 bridgehead atoms. The Bertz CT molecular complexity index is 495. The van der Waals surface area contributed by atoms with Crippen LogP contribution in [0.1, 0.15) is 25.0 Å². The van der Waals surface area contributed by atoms with Crippen LogP contribution in [0.15, 0.2) is 30.5 Å². The Balaban J connectivity index is 2.42. The molecule has 0 spiro atoms. The van der Waals surface area contributed by atoms with Gasteiger partial charge in [0.15, 0.2) is 0 Å². The lowest BCUT2D eigenvalue weighted by atomic mass is 9.83. The molecule has 1 aliphatic carbocycles. The summed E-state index contributed by atoms with van der Waals surface area (Å²) in [4.78, 5) is 0. The van der Waals surface area contributed by atoms with Gasteiger partial charge in [-0.2, -0.15) is 5.10 Å². The average molecular weight is 184 g/mol. The summed E-state index contributed by atoms with van der Waals surface area (Å²) >= 11 is 0. The number of aromatic nitrogens is 2. The van der Waals surface area contributed by atoms with Crippen molar-refractivity contribution < 1.29 is 0 Å². The minimum Gasteiger partial charge on any atom is -0.278 e. The Kier molecular flexibility index (Phi) is 1.26. The first-order valence-electron chi connectivity index (χ1n) is 4.85. The SMILES string of the molecule is CC1(C)c2ccccc2-c2[nH]ncc21. The summed E-state index contributed by atoms with van der Waals surface area (Å²) in [5.74, 6) is 0. The van der Waals surface area contributed by atoms with Gasteiger partial charge in [0.2, 0.25) is 0 Å².